The molecule has 0 heterocycles. The van der Waals surface area contributed by atoms with Crippen LogP contribution < -0.4 is 10.1 Å². The largest absolute Gasteiger partial charge is 0.490 e. The predicted molar refractivity (Wildman–Crippen MR) is 96.0 cm³/mol. The van der Waals surface area contributed by atoms with Crippen molar-refractivity contribution in [1.29, 1.82) is 0 Å². The van der Waals surface area contributed by atoms with Gasteiger partial charge >= 0.3 is 0 Å². The highest BCUT2D eigenvalue weighted by molar-refractivity contribution is 6.37. The summed E-state index contributed by atoms with van der Waals surface area (Å²) in [6, 6.07) is 10.7. The zero-order valence-electron chi connectivity index (χ0n) is 13.2. The quantitative estimate of drug-likeness (QED) is 0.674. The van der Waals surface area contributed by atoms with Crippen molar-refractivity contribution in [1.82, 2.24) is 0 Å². The van der Waals surface area contributed by atoms with Crippen LogP contribution in [0.15, 0.2) is 36.4 Å². The maximum absolute atomic E-state index is 12.4. The van der Waals surface area contributed by atoms with Gasteiger partial charge in [-0.2, -0.15) is 0 Å². The first-order valence-corrected chi connectivity index (χ1v) is 8.27. The molecular formula is C18H19Cl2NO2. The van der Waals surface area contributed by atoms with Gasteiger partial charge in [0.15, 0.2) is 5.75 Å². The van der Waals surface area contributed by atoms with Gasteiger partial charge in [0, 0.05) is 11.3 Å². The van der Waals surface area contributed by atoms with E-state index in [2.05, 4.69) is 12.2 Å². The van der Waals surface area contributed by atoms with E-state index in [-0.39, 0.29) is 5.91 Å². The van der Waals surface area contributed by atoms with Crippen molar-refractivity contribution in [3.8, 4) is 5.75 Å². The molecular weight excluding hydrogens is 333 g/mol. The summed E-state index contributed by atoms with van der Waals surface area (Å²) < 4.78 is 5.58. The second-order valence-corrected chi connectivity index (χ2v) is 6.05. The van der Waals surface area contributed by atoms with Crippen LogP contribution in [-0.4, -0.2) is 12.5 Å². The molecule has 3 nitrogen and oxygen atoms in total. The van der Waals surface area contributed by atoms with Crippen molar-refractivity contribution in [2.45, 2.75) is 26.7 Å². The highest BCUT2D eigenvalue weighted by Crippen LogP contribution is 2.34. The molecule has 0 aliphatic rings. The molecule has 1 N–H and O–H groups in total. The van der Waals surface area contributed by atoms with Gasteiger partial charge in [-0.3, -0.25) is 4.79 Å². The Balaban J connectivity index is 2.17. The van der Waals surface area contributed by atoms with Gasteiger partial charge in [-0.05, 0) is 37.1 Å². The molecule has 0 bridgehead atoms. The van der Waals surface area contributed by atoms with Gasteiger partial charge in [0.05, 0.1) is 16.7 Å². The first-order chi connectivity index (χ1) is 11.0. The lowest BCUT2D eigenvalue weighted by molar-refractivity contribution is 0.102. The number of para-hydroxylation sites is 1. The lowest BCUT2D eigenvalue weighted by atomic mass is 10.1. The summed E-state index contributed by atoms with van der Waals surface area (Å²) in [5.41, 5.74) is 2.14. The van der Waals surface area contributed by atoms with Gasteiger partial charge < -0.3 is 10.1 Å². The first-order valence-electron chi connectivity index (χ1n) is 7.51. The minimum Gasteiger partial charge on any atom is -0.490 e. The smallest absolute Gasteiger partial charge is 0.255 e. The Kier molecular flexibility index (Phi) is 6.31. The number of carbonyl (C=O) groups excluding carboxylic acids is 1. The molecule has 0 spiro atoms. The Morgan fingerprint density at radius 3 is 2.43 bits per heavy atom. The van der Waals surface area contributed by atoms with E-state index in [1.54, 1.807) is 12.1 Å². The minimum atomic E-state index is -0.261. The number of hydrogen-bond donors (Lipinski definition) is 1. The zero-order valence-corrected chi connectivity index (χ0v) is 14.7. The molecule has 2 aromatic carbocycles. The van der Waals surface area contributed by atoms with E-state index in [4.69, 9.17) is 27.9 Å². The minimum absolute atomic E-state index is 0.261. The Morgan fingerprint density at radius 1 is 1.17 bits per heavy atom. The molecule has 2 rings (SSSR count). The number of rotatable bonds is 6. The number of aryl methyl sites for hydroxylation is 1. The topological polar surface area (TPSA) is 38.3 Å². The van der Waals surface area contributed by atoms with Crippen LogP contribution in [0.4, 0.5) is 5.69 Å². The van der Waals surface area contributed by atoms with Crippen molar-refractivity contribution in [2.75, 3.05) is 11.9 Å². The maximum Gasteiger partial charge on any atom is 0.255 e. The molecule has 122 valence electrons. The molecule has 1 amide bonds. The molecule has 2 aromatic rings. The normalized spacial score (nSPS) is 10.4. The highest BCUT2D eigenvalue weighted by atomic mass is 35.5. The molecule has 0 unspecified atom stereocenters. The molecule has 23 heavy (non-hydrogen) atoms. The van der Waals surface area contributed by atoms with Crippen molar-refractivity contribution in [3.05, 3.63) is 57.6 Å². The molecule has 0 saturated heterocycles. The fourth-order valence-corrected chi connectivity index (χ4v) is 2.65. The van der Waals surface area contributed by atoms with E-state index in [0.29, 0.717) is 28.0 Å². The van der Waals surface area contributed by atoms with Gasteiger partial charge in [-0.15, -0.1) is 0 Å². The molecule has 0 aromatic heterocycles. The van der Waals surface area contributed by atoms with Gasteiger partial charge in [-0.25, -0.2) is 0 Å². The average Bonchev–Trinajstić information content (AvgIpc) is 2.52. The zero-order chi connectivity index (χ0) is 16.8. The molecule has 0 fully saturated rings. The summed E-state index contributed by atoms with van der Waals surface area (Å²) in [5, 5.41) is 3.53. The SMILES string of the molecule is CCCCOc1c(Cl)cc(C(=O)Nc2ccccc2C)cc1Cl. The van der Waals surface area contributed by atoms with Crippen LogP contribution in [0.1, 0.15) is 35.7 Å². The molecule has 0 aliphatic heterocycles. The number of unbranched alkanes of at least 4 members (excludes halogenated alkanes) is 1. The Labute approximate surface area is 146 Å². The van der Waals surface area contributed by atoms with Crippen LogP contribution >= 0.6 is 23.2 Å². The van der Waals surface area contributed by atoms with Crippen molar-refractivity contribution >= 4 is 34.8 Å². The van der Waals surface area contributed by atoms with E-state index in [0.717, 1.165) is 24.1 Å². The monoisotopic (exact) mass is 351 g/mol. The van der Waals surface area contributed by atoms with E-state index < -0.39 is 0 Å². The maximum atomic E-state index is 12.4. The number of nitrogens with one attached hydrogen (secondary N) is 1. The number of anilines is 1. The van der Waals surface area contributed by atoms with E-state index in [1.807, 2.05) is 31.2 Å². The van der Waals surface area contributed by atoms with Crippen LogP contribution in [0.3, 0.4) is 0 Å². The number of halogens is 2. The number of ether oxygens (including phenoxy) is 1. The molecule has 0 atom stereocenters. The van der Waals surface area contributed by atoms with E-state index in [1.165, 1.54) is 0 Å². The lowest BCUT2D eigenvalue weighted by Crippen LogP contribution is -2.13. The summed E-state index contributed by atoms with van der Waals surface area (Å²) in [6.07, 6.45) is 1.94. The number of benzene rings is 2. The molecule has 0 aliphatic carbocycles. The predicted octanol–water partition coefficient (Wildman–Crippen LogP) is 5.73. The van der Waals surface area contributed by atoms with Crippen LogP contribution in [-0.2, 0) is 0 Å². The summed E-state index contributed by atoms with van der Waals surface area (Å²) in [7, 11) is 0. The first kappa shape index (κ1) is 17.6. The molecule has 0 radical (unpaired) electrons. The van der Waals surface area contributed by atoms with Gasteiger partial charge in [-0.1, -0.05) is 54.7 Å². The van der Waals surface area contributed by atoms with E-state index in [9.17, 15) is 4.79 Å². The lowest BCUT2D eigenvalue weighted by Gasteiger charge is -2.12. The number of amides is 1. The number of hydrogen-bond acceptors (Lipinski definition) is 2. The van der Waals surface area contributed by atoms with Crippen LogP contribution in [0.5, 0.6) is 5.75 Å². The summed E-state index contributed by atoms with van der Waals surface area (Å²) >= 11 is 12.4. The summed E-state index contributed by atoms with van der Waals surface area (Å²) in [4.78, 5) is 12.4. The third-order valence-electron chi connectivity index (χ3n) is 3.40. The van der Waals surface area contributed by atoms with E-state index >= 15 is 0 Å². The summed E-state index contributed by atoms with van der Waals surface area (Å²) in [6.45, 7) is 4.55. The second kappa shape index (κ2) is 8.23. The van der Waals surface area contributed by atoms with Gasteiger partial charge in [0.2, 0.25) is 0 Å². The Hall–Kier alpha value is -1.71. The van der Waals surface area contributed by atoms with Crippen LogP contribution in [0, 0.1) is 6.92 Å². The third-order valence-corrected chi connectivity index (χ3v) is 3.96. The molecule has 5 heteroatoms. The fourth-order valence-electron chi connectivity index (χ4n) is 2.06. The Morgan fingerprint density at radius 2 is 1.83 bits per heavy atom. The van der Waals surface area contributed by atoms with Crippen LogP contribution in [0.25, 0.3) is 0 Å². The molecule has 0 saturated carbocycles. The second-order valence-electron chi connectivity index (χ2n) is 5.24. The van der Waals surface area contributed by atoms with Crippen LogP contribution in [0.2, 0.25) is 10.0 Å². The Bertz CT molecular complexity index is 678. The summed E-state index contributed by atoms with van der Waals surface area (Å²) in [5.74, 6) is 0.164. The number of carbonyl (C=O) groups is 1. The van der Waals surface area contributed by atoms with Crippen molar-refractivity contribution < 1.29 is 9.53 Å². The van der Waals surface area contributed by atoms with Crippen molar-refractivity contribution in [2.24, 2.45) is 0 Å². The highest BCUT2D eigenvalue weighted by Gasteiger charge is 2.14. The third kappa shape index (κ3) is 4.63. The van der Waals surface area contributed by atoms with Crippen molar-refractivity contribution in [3.63, 3.8) is 0 Å². The fraction of sp³-hybridized carbons (Fsp3) is 0.278. The van der Waals surface area contributed by atoms with Gasteiger partial charge in [0.25, 0.3) is 5.91 Å². The van der Waals surface area contributed by atoms with Gasteiger partial charge in [0.1, 0.15) is 0 Å². The average molecular weight is 352 g/mol. The standard InChI is InChI=1S/C18H19Cl2NO2/c1-3-4-9-23-17-14(19)10-13(11-15(17)20)18(22)21-16-8-6-5-7-12(16)2/h5-8,10-11H,3-4,9H2,1-2H3,(H,21,22).